The molecule has 0 spiro atoms. The van der Waals surface area contributed by atoms with Crippen molar-refractivity contribution in [3.8, 4) is 0 Å². The van der Waals surface area contributed by atoms with Gasteiger partial charge in [0.1, 0.15) is 0 Å². The predicted molar refractivity (Wildman–Crippen MR) is 78.9 cm³/mol. The van der Waals surface area contributed by atoms with E-state index >= 15 is 0 Å². The van der Waals surface area contributed by atoms with Gasteiger partial charge in [-0.15, -0.1) is 0 Å². The molecule has 5 nitrogen and oxygen atoms in total. The van der Waals surface area contributed by atoms with Crippen molar-refractivity contribution in [3.05, 3.63) is 35.4 Å². The lowest BCUT2D eigenvalue weighted by Crippen LogP contribution is -2.28. The number of hydrogen-bond acceptors (Lipinski definition) is 4. The molecule has 0 aliphatic carbocycles. The molecule has 0 fully saturated rings. The van der Waals surface area contributed by atoms with Crippen molar-refractivity contribution in [1.29, 1.82) is 0 Å². The lowest BCUT2D eigenvalue weighted by molar-refractivity contribution is 0.0695. The summed E-state index contributed by atoms with van der Waals surface area (Å²) in [5.41, 5.74) is 1.04. The Balaban J connectivity index is 2.41. The molecule has 6 heteroatoms. The Morgan fingerprint density at radius 3 is 2.50 bits per heavy atom. The van der Waals surface area contributed by atoms with Crippen molar-refractivity contribution < 1.29 is 18.3 Å². The summed E-state index contributed by atoms with van der Waals surface area (Å²) in [6.45, 7) is 4.27. The maximum Gasteiger partial charge on any atom is 0.335 e. The van der Waals surface area contributed by atoms with Gasteiger partial charge in [-0.2, -0.15) is 0 Å². The largest absolute Gasteiger partial charge is 0.478 e. The average Bonchev–Trinajstić information content (AvgIpc) is 2.38. The zero-order valence-corrected chi connectivity index (χ0v) is 12.6. The lowest BCUT2D eigenvalue weighted by atomic mass is 10.0. The van der Waals surface area contributed by atoms with Gasteiger partial charge in [0, 0.05) is 6.54 Å². The number of rotatable bonds is 8. The van der Waals surface area contributed by atoms with Gasteiger partial charge in [0.25, 0.3) is 0 Å². The van der Waals surface area contributed by atoms with Crippen molar-refractivity contribution in [2.45, 2.75) is 25.5 Å². The minimum absolute atomic E-state index is 0.102. The standard InChI is InChI=1S/C14H21NO4S/c1-11(2)20(18,19)10-9-15-8-7-12-5-3-4-6-13(12)14(16)17/h3-6,11,15H,7-10H2,1-2H3,(H,16,17). The summed E-state index contributed by atoms with van der Waals surface area (Å²) in [6, 6.07) is 6.83. The van der Waals surface area contributed by atoms with Gasteiger partial charge in [0.2, 0.25) is 0 Å². The molecule has 1 aromatic carbocycles. The minimum atomic E-state index is -3.02. The third kappa shape index (κ3) is 4.94. The monoisotopic (exact) mass is 299 g/mol. The Morgan fingerprint density at radius 2 is 1.90 bits per heavy atom. The molecular formula is C14H21NO4S. The molecule has 0 unspecified atom stereocenters. The Bertz CT molecular complexity index is 552. The highest BCUT2D eigenvalue weighted by Gasteiger charge is 2.15. The fraction of sp³-hybridized carbons (Fsp3) is 0.500. The Labute approximate surface area is 119 Å². The third-order valence-corrected chi connectivity index (χ3v) is 5.31. The average molecular weight is 299 g/mol. The van der Waals surface area contributed by atoms with Gasteiger partial charge in [0.05, 0.1) is 16.6 Å². The molecule has 0 heterocycles. The lowest BCUT2D eigenvalue weighted by Gasteiger charge is -2.09. The second-order valence-corrected chi connectivity index (χ2v) is 7.55. The number of carbonyl (C=O) groups is 1. The number of carboxylic acid groups (broad SMARTS) is 1. The van der Waals surface area contributed by atoms with Crippen LogP contribution in [0.4, 0.5) is 0 Å². The molecule has 1 aromatic rings. The highest BCUT2D eigenvalue weighted by molar-refractivity contribution is 7.92. The van der Waals surface area contributed by atoms with Crippen LogP contribution < -0.4 is 5.32 Å². The number of sulfone groups is 1. The van der Waals surface area contributed by atoms with E-state index in [4.69, 9.17) is 5.11 Å². The fourth-order valence-electron chi connectivity index (χ4n) is 1.75. The molecule has 0 atom stereocenters. The molecule has 2 N–H and O–H groups in total. The molecule has 0 saturated heterocycles. The van der Waals surface area contributed by atoms with E-state index in [-0.39, 0.29) is 11.0 Å². The molecule has 1 rings (SSSR count). The van der Waals surface area contributed by atoms with E-state index in [0.29, 0.717) is 25.1 Å². The summed E-state index contributed by atoms with van der Waals surface area (Å²) in [6.07, 6.45) is 0.560. The first-order valence-corrected chi connectivity index (χ1v) is 8.29. The van der Waals surface area contributed by atoms with Crippen LogP contribution in [0, 0.1) is 0 Å². The number of aromatic carboxylic acids is 1. The second kappa shape index (κ2) is 7.40. The summed E-state index contributed by atoms with van der Waals surface area (Å²) in [5.74, 6) is -0.839. The van der Waals surface area contributed by atoms with Crippen molar-refractivity contribution in [2.75, 3.05) is 18.8 Å². The Morgan fingerprint density at radius 1 is 1.25 bits per heavy atom. The number of carboxylic acids is 1. The van der Waals surface area contributed by atoms with E-state index in [1.165, 1.54) is 0 Å². The van der Waals surface area contributed by atoms with E-state index in [2.05, 4.69) is 5.32 Å². The summed E-state index contributed by atoms with van der Waals surface area (Å²) < 4.78 is 23.2. The summed E-state index contributed by atoms with van der Waals surface area (Å²) in [4.78, 5) is 11.0. The predicted octanol–water partition coefficient (Wildman–Crippen LogP) is 1.34. The SMILES string of the molecule is CC(C)S(=O)(=O)CCNCCc1ccccc1C(=O)O. The molecule has 0 radical (unpaired) electrons. The molecular weight excluding hydrogens is 278 g/mol. The normalized spacial score (nSPS) is 11.8. The van der Waals surface area contributed by atoms with E-state index in [9.17, 15) is 13.2 Å². The number of nitrogens with one attached hydrogen (secondary N) is 1. The van der Waals surface area contributed by atoms with Crippen molar-refractivity contribution in [3.63, 3.8) is 0 Å². The summed E-state index contributed by atoms with van der Waals surface area (Å²) >= 11 is 0. The molecule has 0 amide bonds. The van der Waals surface area contributed by atoms with Crippen LogP contribution >= 0.6 is 0 Å². The van der Waals surface area contributed by atoms with Crippen LogP contribution in [0.1, 0.15) is 29.8 Å². The molecule has 0 saturated carbocycles. The minimum Gasteiger partial charge on any atom is -0.478 e. The van der Waals surface area contributed by atoms with Crippen LogP contribution in [0.2, 0.25) is 0 Å². The topological polar surface area (TPSA) is 83.5 Å². The number of hydrogen-bond donors (Lipinski definition) is 2. The summed E-state index contributed by atoms with van der Waals surface area (Å²) in [7, 11) is -3.02. The summed E-state index contributed by atoms with van der Waals surface area (Å²) in [5, 5.41) is 11.7. The third-order valence-electron chi connectivity index (χ3n) is 3.10. The smallest absolute Gasteiger partial charge is 0.335 e. The molecule has 0 aliphatic rings. The first kappa shape index (κ1) is 16.7. The van der Waals surface area contributed by atoms with Crippen LogP contribution in [0.15, 0.2) is 24.3 Å². The molecule has 0 aromatic heterocycles. The van der Waals surface area contributed by atoms with Gasteiger partial charge in [-0.05, 0) is 38.4 Å². The van der Waals surface area contributed by atoms with Gasteiger partial charge >= 0.3 is 5.97 Å². The Hall–Kier alpha value is -1.40. The van der Waals surface area contributed by atoms with Crippen LogP contribution in [-0.4, -0.2) is 43.6 Å². The zero-order valence-electron chi connectivity index (χ0n) is 11.8. The molecule has 0 bridgehead atoms. The Kier molecular flexibility index (Phi) is 6.16. The van der Waals surface area contributed by atoms with Gasteiger partial charge in [-0.1, -0.05) is 18.2 Å². The van der Waals surface area contributed by atoms with Gasteiger partial charge in [-0.25, -0.2) is 13.2 Å². The maximum absolute atomic E-state index is 11.6. The van der Waals surface area contributed by atoms with Crippen LogP contribution in [-0.2, 0) is 16.3 Å². The highest BCUT2D eigenvalue weighted by atomic mass is 32.2. The second-order valence-electron chi connectivity index (χ2n) is 4.88. The zero-order chi connectivity index (χ0) is 15.2. The quantitative estimate of drug-likeness (QED) is 0.708. The van der Waals surface area contributed by atoms with Gasteiger partial charge in [-0.3, -0.25) is 0 Å². The van der Waals surface area contributed by atoms with E-state index < -0.39 is 15.8 Å². The highest BCUT2D eigenvalue weighted by Crippen LogP contribution is 2.09. The van der Waals surface area contributed by atoms with Crippen molar-refractivity contribution in [2.24, 2.45) is 0 Å². The first-order chi connectivity index (χ1) is 9.34. The van der Waals surface area contributed by atoms with Gasteiger partial charge in [0.15, 0.2) is 9.84 Å². The molecule has 20 heavy (non-hydrogen) atoms. The van der Waals surface area contributed by atoms with Crippen molar-refractivity contribution >= 4 is 15.8 Å². The van der Waals surface area contributed by atoms with Crippen molar-refractivity contribution in [1.82, 2.24) is 5.32 Å². The molecule has 112 valence electrons. The van der Waals surface area contributed by atoms with Crippen LogP contribution in [0.5, 0.6) is 0 Å². The number of benzene rings is 1. The maximum atomic E-state index is 11.6. The van der Waals surface area contributed by atoms with Gasteiger partial charge < -0.3 is 10.4 Å². The fourth-order valence-corrected chi connectivity index (χ4v) is 2.65. The van der Waals surface area contributed by atoms with E-state index in [1.54, 1.807) is 38.1 Å². The van der Waals surface area contributed by atoms with Crippen LogP contribution in [0.3, 0.4) is 0 Å². The van der Waals surface area contributed by atoms with Crippen LogP contribution in [0.25, 0.3) is 0 Å². The van der Waals surface area contributed by atoms with E-state index in [0.717, 1.165) is 5.56 Å². The first-order valence-electron chi connectivity index (χ1n) is 6.58. The van der Waals surface area contributed by atoms with E-state index in [1.807, 2.05) is 0 Å². The molecule has 0 aliphatic heterocycles.